The van der Waals surface area contributed by atoms with Gasteiger partial charge in [0.1, 0.15) is 18.2 Å². The molecule has 1 aromatic heterocycles. The maximum atomic E-state index is 13.3. The summed E-state index contributed by atoms with van der Waals surface area (Å²) in [5.74, 6) is 3.23. The van der Waals surface area contributed by atoms with Crippen LogP contribution in [0.2, 0.25) is 0 Å². The molecule has 2 atom stereocenters. The Morgan fingerprint density at radius 1 is 1.06 bits per heavy atom. The van der Waals surface area contributed by atoms with Gasteiger partial charge in [0, 0.05) is 18.7 Å². The van der Waals surface area contributed by atoms with E-state index in [2.05, 4.69) is 45.2 Å². The van der Waals surface area contributed by atoms with Gasteiger partial charge in [-0.15, -0.1) is 0 Å². The number of nitrogens with zero attached hydrogens (tertiary/aromatic N) is 3. The van der Waals surface area contributed by atoms with Crippen molar-refractivity contribution < 1.29 is 9.53 Å². The van der Waals surface area contributed by atoms with Gasteiger partial charge in [-0.05, 0) is 67.0 Å². The van der Waals surface area contributed by atoms with Crippen molar-refractivity contribution in [1.82, 2.24) is 19.8 Å². The molecule has 0 radical (unpaired) electrons. The number of aromatic nitrogens is 2. The third kappa shape index (κ3) is 3.34. The molecule has 3 heterocycles. The lowest BCUT2D eigenvalue weighted by molar-refractivity contribution is 0.151. The number of amides is 2. The topological polar surface area (TPSA) is 61.5 Å². The average molecular weight is 417 g/mol. The van der Waals surface area contributed by atoms with Gasteiger partial charge in [0.25, 0.3) is 0 Å². The Hall–Kier alpha value is -3.02. The predicted octanol–water partition coefficient (Wildman–Crippen LogP) is 4.58. The van der Waals surface area contributed by atoms with Crippen molar-refractivity contribution >= 4 is 17.1 Å². The number of likely N-dealkylation sites (tertiary alicyclic amines) is 1. The Morgan fingerprint density at radius 3 is 2.68 bits per heavy atom. The van der Waals surface area contributed by atoms with Crippen LogP contribution in [0.1, 0.15) is 30.7 Å². The van der Waals surface area contributed by atoms with Crippen molar-refractivity contribution in [3.8, 4) is 16.9 Å². The zero-order valence-electron chi connectivity index (χ0n) is 17.9. The molecule has 1 aliphatic carbocycles. The quantitative estimate of drug-likeness (QED) is 0.631. The highest BCUT2D eigenvalue weighted by Crippen LogP contribution is 2.38. The normalized spacial score (nSPS) is 22.9. The second-order valence-electron chi connectivity index (χ2n) is 9.29. The Kier molecular flexibility index (Phi) is 4.40. The van der Waals surface area contributed by atoms with E-state index in [4.69, 9.17) is 4.74 Å². The number of aromatic amines is 1. The van der Waals surface area contributed by atoms with Crippen molar-refractivity contribution in [2.75, 3.05) is 26.2 Å². The van der Waals surface area contributed by atoms with Gasteiger partial charge in [0.2, 0.25) is 0 Å². The number of ether oxygens (including phenoxy) is 1. The van der Waals surface area contributed by atoms with E-state index in [9.17, 15) is 4.79 Å². The molecular weight excluding hydrogens is 388 g/mol. The number of benzene rings is 2. The van der Waals surface area contributed by atoms with Crippen LogP contribution in [-0.4, -0.2) is 52.0 Å². The van der Waals surface area contributed by atoms with Crippen molar-refractivity contribution in [3.05, 3.63) is 47.8 Å². The fourth-order valence-electron chi connectivity index (χ4n) is 5.65. The van der Waals surface area contributed by atoms with E-state index >= 15 is 0 Å². The standard InChI is InChI=1S/C25H28N4O2/c1-16-26-22-7-5-18(12-23(22)27-16)17-6-8-24-21(11-17)15-28(9-10-31-24)25(30)29-13-19-3-2-4-20(19)14-29/h5-8,11-12,19-20H,2-4,9-10,13-15H2,1H3,(H,26,27). The third-order valence-corrected chi connectivity index (χ3v) is 7.24. The molecule has 31 heavy (non-hydrogen) atoms. The highest BCUT2D eigenvalue weighted by atomic mass is 16.5. The minimum Gasteiger partial charge on any atom is -0.491 e. The van der Waals surface area contributed by atoms with Crippen LogP contribution in [0, 0.1) is 18.8 Å². The first kappa shape index (κ1) is 18.7. The van der Waals surface area contributed by atoms with E-state index in [-0.39, 0.29) is 6.03 Å². The summed E-state index contributed by atoms with van der Waals surface area (Å²) in [5, 5.41) is 0. The molecule has 2 aliphatic heterocycles. The molecular formula is C25H28N4O2. The van der Waals surface area contributed by atoms with Gasteiger partial charge in [-0.1, -0.05) is 18.6 Å². The number of rotatable bonds is 1. The number of carbonyl (C=O) groups excluding carboxylic acids is 1. The van der Waals surface area contributed by atoms with Gasteiger partial charge in [-0.2, -0.15) is 0 Å². The van der Waals surface area contributed by atoms with E-state index in [1.54, 1.807) is 0 Å². The van der Waals surface area contributed by atoms with Crippen molar-refractivity contribution in [2.45, 2.75) is 32.7 Å². The monoisotopic (exact) mass is 416 g/mol. The number of hydrogen-bond donors (Lipinski definition) is 1. The van der Waals surface area contributed by atoms with Crippen molar-refractivity contribution in [2.24, 2.45) is 11.8 Å². The van der Waals surface area contributed by atoms with Crippen molar-refractivity contribution in [3.63, 3.8) is 0 Å². The zero-order chi connectivity index (χ0) is 20.9. The number of urea groups is 1. The van der Waals surface area contributed by atoms with E-state index in [1.807, 2.05) is 17.9 Å². The van der Waals surface area contributed by atoms with Crippen LogP contribution < -0.4 is 4.74 Å². The minimum absolute atomic E-state index is 0.172. The summed E-state index contributed by atoms with van der Waals surface area (Å²) in [6, 6.07) is 12.8. The number of nitrogens with one attached hydrogen (secondary N) is 1. The number of H-pyrrole nitrogens is 1. The SMILES string of the molecule is Cc1nc2ccc(-c3ccc4c(c3)CN(C(=O)N3CC5CCCC5C3)CCO4)cc2[nH]1. The molecule has 1 N–H and O–H groups in total. The first-order valence-electron chi connectivity index (χ1n) is 11.4. The highest BCUT2D eigenvalue weighted by Gasteiger charge is 2.39. The Morgan fingerprint density at radius 2 is 1.84 bits per heavy atom. The van der Waals surface area contributed by atoms with Crippen molar-refractivity contribution in [1.29, 1.82) is 0 Å². The number of imidazole rings is 1. The predicted molar refractivity (Wildman–Crippen MR) is 120 cm³/mol. The smallest absolute Gasteiger partial charge is 0.320 e. The molecule has 1 saturated heterocycles. The number of carbonyl (C=O) groups is 1. The summed E-state index contributed by atoms with van der Waals surface area (Å²) in [7, 11) is 0. The van der Waals surface area contributed by atoms with E-state index in [1.165, 1.54) is 19.3 Å². The summed E-state index contributed by atoms with van der Waals surface area (Å²) >= 11 is 0. The summed E-state index contributed by atoms with van der Waals surface area (Å²) in [4.78, 5) is 25.1. The summed E-state index contributed by atoms with van der Waals surface area (Å²) in [6.07, 6.45) is 3.89. The van der Waals surface area contributed by atoms with Crippen LogP contribution in [0.4, 0.5) is 4.79 Å². The highest BCUT2D eigenvalue weighted by molar-refractivity contribution is 5.82. The average Bonchev–Trinajstić information content (AvgIpc) is 3.42. The molecule has 2 unspecified atom stereocenters. The number of hydrogen-bond acceptors (Lipinski definition) is 3. The van der Waals surface area contributed by atoms with Gasteiger partial charge in [-0.3, -0.25) is 0 Å². The van der Waals surface area contributed by atoms with E-state index in [0.29, 0.717) is 31.5 Å². The molecule has 1 saturated carbocycles. The molecule has 6 heteroatoms. The second-order valence-corrected chi connectivity index (χ2v) is 9.29. The third-order valence-electron chi connectivity index (χ3n) is 7.24. The molecule has 6 rings (SSSR count). The zero-order valence-corrected chi connectivity index (χ0v) is 17.9. The molecule has 2 aromatic carbocycles. The van der Waals surface area contributed by atoms with Gasteiger partial charge in [-0.25, -0.2) is 9.78 Å². The first-order valence-corrected chi connectivity index (χ1v) is 11.4. The Balaban J connectivity index is 1.26. The molecule has 160 valence electrons. The fourth-order valence-corrected chi connectivity index (χ4v) is 5.65. The lowest BCUT2D eigenvalue weighted by Gasteiger charge is -2.27. The molecule has 6 nitrogen and oxygen atoms in total. The van der Waals surface area contributed by atoms with E-state index < -0.39 is 0 Å². The minimum atomic E-state index is 0.172. The molecule has 0 bridgehead atoms. The van der Waals surface area contributed by atoms with Crippen LogP contribution >= 0.6 is 0 Å². The Labute approximate surface area is 182 Å². The fraction of sp³-hybridized carbons (Fsp3) is 0.440. The van der Waals surface area contributed by atoms with Gasteiger partial charge in [0.05, 0.1) is 24.1 Å². The number of fused-ring (bicyclic) bond motifs is 3. The summed E-state index contributed by atoms with van der Waals surface area (Å²) < 4.78 is 6.00. The van der Waals surface area contributed by atoms with Crippen LogP contribution in [-0.2, 0) is 6.54 Å². The molecule has 3 aromatic rings. The maximum absolute atomic E-state index is 13.3. The summed E-state index contributed by atoms with van der Waals surface area (Å²) in [6.45, 7) is 5.60. The lowest BCUT2D eigenvalue weighted by atomic mass is 10.0. The van der Waals surface area contributed by atoms with Crippen LogP contribution in [0.15, 0.2) is 36.4 Å². The van der Waals surface area contributed by atoms with Crippen LogP contribution in [0.25, 0.3) is 22.2 Å². The van der Waals surface area contributed by atoms with Crippen LogP contribution in [0.3, 0.4) is 0 Å². The summed E-state index contributed by atoms with van der Waals surface area (Å²) in [5.41, 5.74) is 5.35. The van der Waals surface area contributed by atoms with E-state index in [0.717, 1.165) is 52.4 Å². The Bertz CT molecular complexity index is 1140. The van der Waals surface area contributed by atoms with Crippen LogP contribution in [0.5, 0.6) is 5.75 Å². The molecule has 0 spiro atoms. The molecule has 3 aliphatic rings. The van der Waals surface area contributed by atoms with Gasteiger partial charge >= 0.3 is 6.03 Å². The lowest BCUT2D eigenvalue weighted by Crippen LogP contribution is -2.43. The largest absolute Gasteiger partial charge is 0.491 e. The van der Waals surface area contributed by atoms with Gasteiger partial charge < -0.3 is 19.5 Å². The number of aryl methyl sites for hydroxylation is 1. The molecule has 2 amide bonds. The van der Waals surface area contributed by atoms with Gasteiger partial charge in [0.15, 0.2) is 0 Å². The first-order chi connectivity index (χ1) is 15.1. The molecule has 2 fully saturated rings. The maximum Gasteiger partial charge on any atom is 0.320 e. The second kappa shape index (κ2) is 7.29.